The minimum Gasteiger partial charge on any atom is -0.462 e. The van der Waals surface area contributed by atoms with Gasteiger partial charge in [0.05, 0.1) is 0 Å². The highest BCUT2D eigenvalue weighted by molar-refractivity contribution is 5.70. The number of hydrogen-bond donors (Lipinski definition) is 0. The summed E-state index contributed by atoms with van der Waals surface area (Å²) in [4.78, 5) is 2.64. The number of hydrogen-bond acceptors (Lipinski definition) is 2. The lowest BCUT2D eigenvalue weighted by molar-refractivity contribution is 0.271. The Kier molecular flexibility index (Phi) is 4.72. The lowest BCUT2D eigenvalue weighted by Gasteiger charge is -2.48. The van der Waals surface area contributed by atoms with Crippen molar-refractivity contribution in [2.24, 2.45) is 11.3 Å². The van der Waals surface area contributed by atoms with Crippen LogP contribution >= 0.6 is 0 Å². The molecule has 0 fully saturated rings. The molecule has 0 N–H and O–H groups in total. The van der Waals surface area contributed by atoms with E-state index in [1.807, 2.05) is 0 Å². The molecule has 0 amide bonds. The summed E-state index contributed by atoms with van der Waals surface area (Å²) in [5, 5.41) is 0. The Morgan fingerprint density at radius 1 is 1.07 bits per heavy atom. The van der Waals surface area contributed by atoms with Crippen LogP contribution in [0.25, 0.3) is 6.08 Å². The molecular formula is C26H35NO. The Bertz CT molecular complexity index is 867. The van der Waals surface area contributed by atoms with Gasteiger partial charge in [0.25, 0.3) is 0 Å². The van der Waals surface area contributed by atoms with E-state index in [9.17, 15) is 0 Å². The Morgan fingerprint density at radius 3 is 2.61 bits per heavy atom. The fourth-order valence-corrected chi connectivity index (χ4v) is 4.89. The van der Waals surface area contributed by atoms with E-state index < -0.39 is 0 Å². The van der Waals surface area contributed by atoms with Crippen molar-refractivity contribution in [3.63, 3.8) is 0 Å². The Hall–Kier alpha value is -1.96. The van der Waals surface area contributed by atoms with Crippen molar-refractivity contribution in [2.45, 2.75) is 66.2 Å². The number of benzene rings is 1. The molecule has 4 rings (SSSR count). The number of nitrogens with zero attached hydrogens (tertiary/aromatic N) is 1. The van der Waals surface area contributed by atoms with Crippen LogP contribution in [-0.4, -0.2) is 13.1 Å². The van der Waals surface area contributed by atoms with Gasteiger partial charge in [0.2, 0.25) is 0 Å². The molecule has 0 saturated heterocycles. The summed E-state index contributed by atoms with van der Waals surface area (Å²) in [6.45, 7) is 16.3. The second-order valence-corrected chi connectivity index (χ2v) is 10.5. The van der Waals surface area contributed by atoms with Crippen LogP contribution in [0.1, 0.15) is 71.1 Å². The summed E-state index contributed by atoms with van der Waals surface area (Å²) in [5.41, 5.74) is 6.42. The maximum atomic E-state index is 6.07. The van der Waals surface area contributed by atoms with Crippen LogP contribution in [-0.2, 0) is 16.6 Å². The molecule has 28 heavy (non-hydrogen) atoms. The average Bonchev–Trinajstić information content (AvgIpc) is 2.62. The molecule has 0 radical (unpaired) electrons. The molecule has 3 heterocycles. The molecule has 1 aromatic rings. The number of anilines is 1. The van der Waals surface area contributed by atoms with Crippen molar-refractivity contribution in [2.75, 3.05) is 18.0 Å². The molecule has 0 spiro atoms. The number of allylic oxidation sites excluding steroid dienone is 4. The van der Waals surface area contributed by atoms with Crippen molar-refractivity contribution in [1.29, 1.82) is 0 Å². The van der Waals surface area contributed by atoms with Crippen molar-refractivity contribution in [3.05, 3.63) is 58.6 Å². The van der Waals surface area contributed by atoms with Crippen LogP contribution < -0.4 is 4.90 Å². The summed E-state index contributed by atoms with van der Waals surface area (Å²) >= 11 is 0. The standard InChI is InChI=1S/C26H35NO/c1-18(2)23-9-7-8-21(28-23)11-10-19-14-20-16-25(3,4)17-27-13-12-26(5,6)22(15-19)24(20)27/h8-11,14-15,18H,7,12-13,16-17H2,1-6H3. The molecule has 2 nitrogen and oxygen atoms in total. The van der Waals surface area contributed by atoms with Crippen molar-refractivity contribution >= 4 is 11.8 Å². The highest BCUT2D eigenvalue weighted by atomic mass is 16.5. The van der Waals surface area contributed by atoms with Gasteiger partial charge in [-0.05, 0) is 77.1 Å². The summed E-state index contributed by atoms with van der Waals surface area (Å²) in [7, 11) is 0. The van der Waals surface area contributed by atoms with E-state index in [0.29, 0.717) is 11.3 Å². The molecule has 1 aromatic carbocycles. The predicted octanol–water partition coefficient (Wildman–Crippen LogP) is 6.61. The molecule has 150 valence electrons. The number of rotatable bonds is 3. The van der Waals surface area contributed by atoms with Crippen molar-refractivity contribution in [3.8, 4) is 0 Å². The monoisotopic (exact) mass is 377 g/mol. The van der Waals surface area contributed by atoms with E-state index in [0.717, 1.165) is 24.4 Å². The lowest BCUT2D eigenvalue weighted by atomic mass is 9.71. The normalized spacial score (nSPS) is 22.6. The molecule has 0 aromatic heterocycles. The summed E-state index contributed by atoms with van der Waals surface area (Å²) in [5.74, 6) is 2.49. The summed E-state index contributed by atoms with van der Waals surface area (Å²) in [6.07, 6.45) is 12.1. The van der Waals surface area contributed by atoms with E-state index in [1.54, 1.807) is 0 Å². The third-order valence-corrected chi connectivity index (χ3v) is 6.43. The van der Waals surface area contributed by atoms with Crippen LogP contribution in [0.2, 0.25) is 0 Å². The Balaban J connectivity index is 1.68. The molecule has 0 bridgehead atoms. The van der Waals surface area contributed by atoms with E-state index in [2.05, 4.69) is 82.9 Å². The quantitative estimate of drug-likeness (QED) is 0.587. The fraction of sp³-hybridized carbons (Fsp3) is 0.538. The number of ether oxygens (including phenoxy) is 1. The SMILES string of the molecule is CC(C)C1=CCC=C(C=Cc2cc3c4c(c2)C(C)(C)CCN4CC(C)(C)C3)O1. The zero-order valence-corrected chi connectivity index (χ0v) is 18.4. The largest absolute Gasteiger partial charge is 0.462 e. The van der Waals surface area contributed by atoms with Crippen LogP contribution in [0.15, 0.2) is 41.9 Å². The van der Waals surface area contributed by atoms with Crippen molar-refractivity contribution in [1.82, 2.24) is 0 Å². The molecule has 3 aliphatic heterocycles. The van der Waals surface area contributed by atoms with Crippen molar-refractivity contribution < 1.29 is 4.74 Å². The first kappa shape index (κ1) is 19.4. The van der Waals surface area contributed by atoms with Gasteiger partial charge in [-0.25, -0.2) is 0 Å². The molecule has 0 atom stereocenters. The molecule has 0 saturated carbocycles. The molecular weight excluding hydrogens is 342 g/mol. The maximum Gasteiger partial charge on any atom is 0.123 e. The minimum atomic E-state index is 0.236. The summed E-state index contributed by atoms with van der Waals surface area (Å²) in [6, 6.07) is 4.83. The van der Waals surface area contributed by atoms with E-state index in [-0.39, 0.29) is 5.41 Å². The van der Waals surface area contributed by atoms with Gasteiger partial charge >= 0.3 is 0 Å². The summed E-state index contributed by atoms with van der Waals surface area (Å²) < 4.78 is 6.07. The van der Waals surface area contributed by atoms with E-state index >= 15 is 0 Å². The van der Waals surface area contributed by atoms with Gasteiger partial charge in [0.15, 0.2) is 0 Å². The lowest BCUT2D eigenvalue weighted by Crippen LogP contribution is -2.46. The first-order valence-corrected chi connectivity index (χ1v) is 10.8. The van der Waals surface area contributed by atoms with Gasteiger partial charge in [-0.2, -0.15) is 0 Å². The third-order valence-electron chi connectivity index (χ3n) is 6.43. The average molecular weight is 378 g/mol. The topological polar surface area (TPSA) is 12.5 Å². The van der Waals surface area contributed by atoms with Gasteiger partial charge in [-0.3, -0.25) is 0 Å². The van der Waals surface area contributed by atoms with Gasteiger partial charge in [0.1, 0.15) is 11.5 Å². The van der Waals surface area contributed by atoms with Gasteiger partial charge in [-0.1, -0.05) is 47.6 Å². The van der Waals surface area contributed by atoms with E-state index in [1.165, 1.54) is 41.9 Å². The zero-order chi connectivity index (χ0) is 20.1. The Morgan fingerprint density at radius 2 is 1.86 bits per heavy atom. The van der Waals surface area contributed by atoms with Gasteiger partial charge < -0.3 is 9.64 Å². The van der Waals surface area contributed by atoms with Crippen LogP contribution in [0.5, 0.6) is 0 Å². The van der Waals surface area contributed by atoms with Gasteiger partial charge in [0, 0.05) is 24.7 Å². The predicted molar refractivity (Wildman–Crippen MR) is 120 cm³/mol. The fourth-order valence-electron chi connectivity index (χ4n) is 4.89. The second-order valence-electron chi connectivity index (χ2n) is 10.5. The molecule has 2 heteroatoms. The highest BCUT2D eigenvalue weighted by Gasteiger charge is 2.39. The first-order valence-electron chi connectivity index (χ1n) is 10.8. The molecule has 0 unspecified atom stereocenters. The minimum absolute atomic E-state index is 0.236. The third kappa shape index (κ3) is 3.66. The zero-order valence-electron chi connectivity index (χ0n) is 18.4. The molecule has 3 aliphatic rings. The maximum absolute atomic E-state index is 6.07. The van der Waals surface area contributed by atoms with Crippen LogP contribution in [0.3, 0.4) is 0 Å². The smallest absolute Gasteiger partial charge is 0.123 e. The van der Waals surface area contributed by atoms with Crippen LogP contribution in [0, 0.1) is 11.3 Å². The van der Waals surface area contributed by atoms with Crippen LogP contribution in [0.4, 0.5) is 5.69 Å². The Labute approximate surface area is 171 Å². The second kappa shape index (κ2) is 6.83. The van der Waals surface area contributed by atoms with E-state index in [4.69, 9.17) is 4.74 Å². The van der Waals surface area contributed by atoms with Gasteiger partial charge in [-0.15, -0.1) is 0 Å². The highest BCUT2D eigenvalue weighted by Crippen LogP contribution is 2.47. The molecule has 0 aliphatic carbocycles. The first-order chi connectivity index (χ1) is 13.1.